The Morgan fingerprint density at radius 3 is 2.76 bits per heavy atom. The van der Waals surface area contributed by atoms with Crippen molar-refractivity contribution in [3.8, 4) is 0 Å². The molecule has 1 fully saturated rings. The highest BCUT2D eigenvalue weighted by atomic mass is 16.6. The summed E-state index contributed by atoms with van der Waals surface area (Å²) >= 11 is 0. The molecule has 1 saturated heterocycles. The molecule has 1 aromatic rings. The predicted octanol–water partition coefficient (Wildman–Crippen LogP) is 3.65. The third-order valence-electron chi connectivity index (χ3n) is 4.27. The van der Waals surface area contributed by atoms with E-state index < -0.39 is 11.7 Å². The second kappa shape index (κ2) is 8.02. The van der Waals surface area contributed by atoms with Crippen LogP contribution < -0.4 is 0 Å². The number of carbonyl (C=O) groups is 2. The average molecular weight is 349 g/mol. The van der Waals surface area contributed by atoms with Crippen LogP contribution in [0.2, 0.25) is 0 Å². The average Bonchev–Trinajstić information content (AvgIpc) is 2.93. The molecule has 0 aliphatic carbocycles. The van der Waals surface area contributed by atoms with E-state index in [2.05, 4.69) is 23.4 Å². The largest absolute Gasteiger partial charge is 0.443 e. The van der Waals surface area contributed by atoms with Gasteiger partial charge in [-0.15, -0.1) is 0 Å². The van der Waals surface area contributed by atoms with Gasteiger partial charge in [-0.05, 0) is 46.0 Å². The maximum absolute atomic E-state index is 12.7. The summed E-state index contributed by atoms with van der Waals surface area (Å²) in [4.78, 5) is 30.6. The molecule has 1 unspecified atom stereocenters. The molecular formula is C19H31N3O3. The van der Waals surface area contributed by atoms with Gasteiger partial charge in [0.15, 0.2) is 0 Å². The predicted molar refractivity (Wildman–Crippen MR) is 96.1 cm³/mol. The number of nitrogens with zero attached hydrogens (tertiary/aromatic N) is 3. The Hall–Kier alpha value is -1.85. The first-order valence-electron chi connectivity index (χ1n) is 9.20. The van der Waals surface area contributed by atoms with E-state index in [9.17, 15) is 9.59 Å². The van der Waals surface area contributed by atoms with Crippen molar-refractivity contribution in [3.63, 3.8) is 0 Å². The third-order valence-corrected chi connectivity index (χ3v) is 4.27. The lowest BCUT2D eigenvalue weighted by Gasteiger charge is -2.32. The Bertz CT molecular complexity index is 601. The van der Waals surface area contributed by atoms with Gasteiger partial charge in [0.05, 0.1) is 12.0 Å². The van der Waals surface area contributed by atoms with Crippen molar-refractivity contribution >= 4 is 12.0 Å². The Morgan fingerprint density at radius 1 is 1.40 bits per heavy atom. The fourth-order valence-electron chi connectivity index (χ4n) is 2.93. The maximum atomic E-state index is 12.7. The summed E-state index contributed by atoms with van der Waals surface area (Å²) < 4.78 is 7.43. The van der Waals surface area contributed by atoms with Gasteiger partial charge in [-0.2, -0.15) is 0 Å². The van der Waals surface area contributed by atoms with Gasteiger partial charge in [0.25, 0.3) is 0 Å². The van der Waals surface area contributed by atoms with Crippen LogP contribution in [0.4, 0.5) is 4.79 Å². The Kier molecular flexibility index (Phi) is 6.25. The van der Waals surface area contributed by atoms with Crippen molar-refractivity contribution in [2.75, 3.05) is 6.54 Å². The first kappa shape index (κ1) is 19.5. The minimum atomic E-state index is -0.598. The van der Waals surface area contributed by atoms with E-state index >= 15 is 0 Å². The molecule has 0 radical (unpaired) electrons. The van der Waals surface area contributed by atoms with E-state index in [0.29, 0.717) is 18.9 Å². The van der Waals surface area contributed by atoms with Crippen LogP contribution in [0.1, 0.15) is 59.6 Å². The summed E-state index contributed by atoms with van der Waals surface area (Å²) in [6.45, 7) is 11.2. The number of aromatic nitrogens is 2. The van der Waals surface area contributed by atoms with E-state index in [-0.39, 0.29) is 11.8 Å². The topological polar surface area (TPSA) is 64.4 Å². The second-order valence-electron chi connectivity index (χ2n) is 8.30. The molecule has 25 heavy (non-hydrogen) atoms. The molecule has 1 aliphatic rings. The zero-order valence-corrected chi connectivity index (χ0v) is 16.1. The first-order valence-corrected chi connectivity index (χ1v) is 9.20. The lowest BCUT2D eigenvalue weighted by atomic mass is 9.93. The number of imide groups is 1. The molecule has 2 heterocycles. The Morgan fingerprint density at radius 2 is 2.12 bits per heavy atom. The summed E-state index contributed by atoms with van der Waals surface area (Å²) in [6.07, 6.45) is 6.58. The van der Waals surface area contributed by atoms with Crippen LogP contribution in [0.3, 0.4) is 0 Å². The van der Waals surface area contributed by atoms with Gasteiger partial charge in [0.2, 0.25) is 5.91 Å². The van der Waals surface area contributed by atoms with Crippen molar-refractivity contribution < 1.29 is 14.3 Å². The lowest BCUT2D eigenvalue weighted by Crippen LogP contribution is -2.47. The quantitative estimate of drug-likeness (QED) is 0.814. The van der Waals surface area contributed by atoms with Gasteiger partial charge >= 0.3 is 6.09 Å². The summed E-state index contributed by atoms with van der Waals surface area (Å²) in [7, 11) is 0. The second-order valence-corrected chi connectivity index (χ2v) is 8.30. The maximum Gasteiger partial charge on any atom is 0.417 e. The number of piperidine rings is 1. The van der Waals surface area contributed by atoms with Gasteiger partial charge in [-0.25, -0.2) is 14.7 Å². The molecule has 0 saturated carbocycles. The number of rotatable bonds is 5. The summed E-state index contributed by atoms with van der Waals surface area (Å²) in [5, 5.41) is 0. The molecule has 0 N–H and O–H groups in total. The SMILES string of the molecule is CC(C)CCn1cnc(CC2CCCN(C(=O)OC(C)(C)C)C2=O)c1. The number of hydrogen-bond acceptors (Lipinski definition) is 4. The number of amides is 2. The molecule has 0 spiro atoms. The lowest BCUT2D eigenvalue weighted by molar-refractivity contribution is -0.137. The molecule has 2 rings (SSSR count). The zero-order valence-electron chi connectivity index (χ0n) is 16.1. The van der Waals surface area contributed by atoms with Crippen LogP contribution in [-0.2, 0) is 22.5 Å². The van der Waals surface area contributed by atoms with E-state index in [1.165, 1.54) is 4.90 Å². The van der Waals surface area contributed by atoms with Gasteiger partial charge in [-0.3, -0.25) is 4.79 Å². The van der Waals surface area contributed by atoms with Crippen LogP contribution in [-0.4, -0.2) is 38.6 Å². The standard InChI is InChI=1S/C19H31N3O3/c1-14(2)8-10-21-12-16(20-13-21)11-15-7-6-9-22(17(15)23)18(24)25-19(3,4)5/h12-15H,6-11H2,1-5H3. The monoisotopic (exact) mass is 349 g/mol. The van der Waals surface area contributed by atoms with E-state index in [1.807, 2.05) is 12.5 Å². The highest BCUT2D eigenvalue weighted by molar-refractivity contribution is 5.94. The molecule has 1 atom stereocenters. The minimum absolute atomic E-state index is 0.141. The van der Waals surface area contributed by atoms with Crippen LogP contribution in [0, 0.1) is 11.8 Å². The van der Waals surface area contributed by atoms with Crippen LogP contribution in [0.25, 0.3) is 0 Å². The van der Waals surface area contributed by atoms with Gasteiger partial charge in [0.1, 0.15) is 5.60 Å². The number of imidazole rings is 1. The molecule has 6 heteroatoms. The number of carbonyl (C=O) groups excluding carboxylic acids is 2. The van der Waals surface area contributed by atoms with E-state index in [4.69, 9.17) is 4.74 Å². The van der Waals surface area contributed by atoms with Gasteiger partial charge in [0, 0.05) is 31.6 Å². The molecule has 6 nitrogen and oxygen atoms in total. The molecule has 1 aromatic heterocycles. The number of hydrogen-bond donors (Lipinski definition) is 0. The number of likely N-dealkylation sites (tertiary alicyclic amines) is 1. The molecule has 2 amide bonds. The van der Waals surface area contributed by atoms with Crippen LogP contribution in [0.15, 0.2) is 12.5 Å². The number of aryl methyl sites for hydroxylation is 1. The summed E-state index contributed by atoms with van der Waals surface area (Å²) in [5.41, 5.74) is 0.313. The molecule has 0 bridgehead atoms. The fraction of sp³-hybridized carbons (Fsp3) is 0.737. The van der Waals surface area contributed by atoms with Gasteiger partial charge in [-0.1, -0.05) is 13.8 Å². The van der Waals surface area contributed by atoms with Crippen molar-refractivity contribution in [1.29, 1.82) is 0 Å². The summed E-state index contributed by atoms with van der Waals surface area (Å²) in [6, 6.07) is 0. The zero-order chi connectivity index (χ0) is 18.6. The minimum Gasteiger partial charge on any atom is -0.443 e. The summed E-state index contributed by atoms with van der Waals surface area (Å²) in [5.74, 6) is 0.306. The normalized spacial score (nSPS) is 18.7. The van der Waals surface area contributed by atoms with E-state index in [0.717, 1.165) is 31.5 Å². The Labute approximate surface area is 150 Å². The van der Waals surface area contributed by atoms with Gasteiger partial charge < -0.3 is 9.30 Å². The van der Waals surface area contributed by atoms with Crippen LogP contribution >= 0.6 is 0 Å². The fourth-order valence-corrected chi connectivity index (χ4v) is 2.93. The molecular weight excluding hydrogens is 318 g/mol. The Balaban J connectivity index is 1.96. The molecule has 1 aliphatic heterocycles. The van der Waals surface area contributed by atoms with Crippen molar-refractivity contribution in [2.45, 2.75) is 72.4 Å². The third kappa shape index (κ3) is 5.87. The van der Waals surface area contributed by atoms with Crippen molar-refractivity contribution in [1.82, 2.24) is 14.5 Å². The smallest absolute Gasteiger partial charge is 0.417 e. The molecule has 0 aromatic carbocycles. The first-order chi connectivity index (χ1) is 11.7. The van der Waals surface area contributed by atoms with Crippen LogP contribution in [0.5, 0.6) is 0 Å². The highest BCUT2D eigenvalue weighted by Crippen LogP contribution is 2.23. The number of ether oxygens (including phenoxy) is 1. The highest BCUT2D eigenvalue weighted by Gasteiger charge is 2.35. The van der Waals surface area contributed by atoms with E-state index in [1.54, 1.807) is 20.8 Å². The molecule has 140 valence electrons. The van der Waals surface area contributed by atoms with Crippen molar-refractivity contribution in [3.05, 3.63) is 18.2 Å². The van der Waals surface area contributed by atoms with Crippen molar-refractivity contribution in [2.24, 2.45) is 11.8 Å².